The molecule has 1 aromatic rings. The van der Waals surface area contributed by atoms with Crippen molar-refractivity contribution in [3.8, 4) is 5.75 Å². The van der Waals surface area contributed by atoms with Gasteiger partial charge in [0.25, 0.3) is 0 Å². The Bertz CT molecular complexity index is 482. The van der Waals surface area contributed by atoms with Crippen molar-refractivity contribution in [1.82, 2.24) is 0 Å². The Morgan fingerprint density at radius 1 is 1.37 bits per heavy atom. The average Bonchev–Trinajstić information content (AvgIpc) is 2.29. The SMILES string of the molecule is CC(=O)c1cc(Br)ccc1O[C@@H](CC(C)C)C(=O)O. The van der Waals surface area contributed by atoms with Crippen molar-refractivity contribution in [3.05, 3.63) is 28.2 Å². The van der Waals surface area contributed by atoms with Gasteiger partial charge in [-0.3, -0.25) is 4.79 Å². The molecule has 0 aliphatic carbocycles. The zero-order chi connectivity index (χ0) is 14.6. The quantitative estimate of drug-likeness (QED) is 0.811. The van der Waals surface area contributed by atoms with Crippen molar-refractivity contribution in [1.29, 1.82) is 0 Å². The summed E-state index contributed by atoms with van der Waals surface area (Å²) in [7, 11) is 0. The van der Waals surface area contributed by atoms with Crippen LogP contribution in [0.2, 0.25) is 0 Å². The molecule has 5 heteroatoms. The highest BCUT2D eigenvalue weighted by Gasteiger charge is 2.22. The molecule has 0 aromatic heterocycles. The smallest absolute Gasteiger partial charge is 0.344 e. The Morgan fingerprint density at radius 3 is 2.47 bits per heavy atom. The molecule has 1 atom stereocenters. The fourth-order valence-electron chi connectivity index (χ4n) is 1.66. The first kappa shape index (κ1) is 15.7. The second-order valence-electron chi connectivity index (χ2n) is 4.77. The van der Waals surface area contributed by atoms with Gasteiger partial charge < -0.3 is 9.84 Å². The van der Waals surface area contributed by atoms with E-state index in [1.807, 2.05) is 13.8 Å². The van der Waals surface area contributed by atoms with Crippen LogP contribution in [0.4, 0.5) is 0 Å². The number of aliphatic carboxylic acids is 1. The second kappa shape index (κ2) is 6.70. The molecule has 0 amide bonds. The number of carbonyl (C=O) groups excluding carboxylic acids is 1. The molecule has 0 saturated carbocycles. The van der Waals surface area contributed by atoms with Crippen LogP contribution in [0.1, 0.15) is 37.6 Å². The van der Waals surface area contributed by atoms with E-state index in [4.69, 9.17) is 9.84 Å². The number of hydrogen-bond donors (Lipinski definition) is 1. The highest BCUT2D eigenvalue weighted by atomic mass is 79.9. The van der Waals surface area contributed by atoms with Crippen molar-refractivity contribution < 1.29 is 19.4 Å². The molecule has 1 N–H and O–H groups in total. The van der Waals surface area contributed by atoms with E-state index in [1.165, 1.54) is 6.92 Å². The van der Waals surface area contributed by atoms with Gasteiger partial charge in [-0.05, 0) is 37.5 Å². The molecule has 4 nitrogen and oxygen atoms in total. The van der Waals surface area contributed by atoms with Gasteiger partial charge in [-0.2, -0.15) is 0 Å². The topological polar surface area (TPSA) is 63.6 Å². The third-order valence-electron chi connectivity index (χ3n) is 2.55. The van der Waals surface area contributed by atoms with Gasteiger partial charge in [-0.25, -0.2) is 4.79 Å². The molecule has 19 heavy (non-hydrogen) atoms. The average molecular weight is 329 g/mol. The maximum absolute atomic E-state index is 11.5. The molecule has 0 aliphatic rings. The van der Waals surface area contributed by atoms with Gasteiger partial charge in [0.1, 0.15) is 5.75 Å². The van der Waals surface area contributed by atoms with E-state index in [1.54, 1.807) is 18.2 Å². The fraction of sp³-hybridized carbons (Fsp3) is 0.429. The number of ether oxygens (including phenoxy) is 1. The summed E-state index contributed by atoms with van der Waals surface area (Å²) >= 11 is 3.28. The van der Waals surface area contributed by atoms with E-state index in [9.17, 15) is 9.59 Å². The van der Waals surface area contributed by atoms with Crippen molar-refractivity contribution in [3.63, 3.8) is 0 Å². The zero-order valence-corrected chi connectivity index (χ0v) is 12.7. The monoisotopic (exact) mass is 328 g/mol. The summed E-state index contributed by atoms with van der Waals surface area (Å²) in [6, 6.07) is 4.96. The van der Waals surface area contributed by atoms with Crippen LogP contribution in [0.5, 0.6) is 5.75 Å². The summed E-state index contributed by atoms with van der Waals surface area (Å²) in [6.07, 6.45) is -0.554. The van der Waals surface area contributed by atoms with Crippen LogP contribution in [-0.2, 0) is 4.79 Å². The highest BCUT2D eigenvalue weighted by Crippen LogP contribution is 2.26. The van der Waals surface area contributed by atoms with Crippen LogP contribution >= 0.6 is 15.9 Å². The molecule has 1 aromatic carbocycles. The molecule has 0 fully saturated rings. The van der Waals surface area contributed by atoms with E-state index in [-0.39, 0.29) is 11.7 Å². The lowest BCUT2D eigenvalue weighted by Gasteiger charge is -2.18. The number of Topliss-reactive ketones (excluding diaryl/α,β-unsaturated/α-hetero) is 1. The number of hydrogen-bond acceptors (Lipinski definition) is 3. The molecule has 0 bridgehead atoms. The fourth-order valence-corrected chi connectivity index (χ4v) is 2.02. The van der Waals surface area contributed by atoms with Gasteiger partial charge in [-0.15, -0.1) is 0 Å². The second-order valence-corrected chi connectivity index (χ2v) is 5.69. The molecular weight excluding hydrogens is 312 g/mol. The van der Waals surface area contributed by atoms with E-state index in [0.29, 0.717) is 17.7 Å². The van der Waals surface area contributed by atoms with E-state index in [0.717, 1.165) is 4.47 Å². The first-order valence-electron chi connectivity index (χ1n) is 6.01. The number of halogens is 1. The predicted octanol–water partition coefficient (Wildman–Crippen LogP) is 3.53. The summed E-state index contributed by atoms with van der Waals surface area (Å²) in [5.41, 5.74) is 0.379. The van der Waals surface area contributed by atoms with Gasteiger partial charge in [0, 0.05) is 4.47 Å². The lowest BCUT2D eigenvalue weighted by molar-refractivity contribution is -0.145. The minimum absolute atomic E-state index is 0.162. The minimum Gasteiger partial charge on any atom is -0.479 e. The molecule has 104 valence electrons. The van der Waals surface area contributed by atoms with Crippen molar-refractivity contribution in [2.24, 2.45) is 5.92 Å². The largest absolute Gasteiger partial charge is 0.479 e. The van der Waals surface area contributed by atoms with E-state index < -0.39 is 12.1 Å². The van der Waals surface area contributed by atoms with Crippen LogP contribution in [0.3, 0.4) is 0 Å². The summed E-state index contributed by atoms with van der Waals surface area (Å²) in [4.78, 5) is 22.7. The minimum atomic E-state index is -1.02. The maximum Gasteiger partial charge on any atom is 0.344 e. The lowest BCUT2D eigenvalue weighted by atomic mass is 10.1. The lowest BCUT2D eigenvalue weighted by Crippen LogP contribution is -2.29. The molecular formula is C14H17BrO4. The number of benzene rings is 1. The van der Waals surface area contributed by atoms with Gasteiger partial charge in [0.15, 0.2) is 11.9 Å². The van der Waals surface area contributed by atoms with Crippen LogP contribution in [0.15, 0.2) is 22.7 Å². The zero-order valence-electron chi connectivity index (χ0n) is 11.1. The number of ketones is 1. The molecule has 0 radical (unpaired) electrons. The predicted molar refractivity (Wildman–Crippen MR) is 75.7 cm³/mol. The highest BCUT2D eigenvalue weighted by molar-refractivity contribution is 9.10. The van der Waals surface area contributed by atoms with Crippen LogP contribution < -0.4 is 4.74 Å². The number of carbonyl (C=O) groups is 2. The number of rotatable bonds is 6. The Hall–Kier alpha value is -1.36. The Labute approximate surface area is 120 Å². The summed E-state index contributed by atoms with van der Waals surface area (Å²) < 4.78 is 6.24. The maximum atomic E-state index is 11.5. The first-order valence-corrected chi connectivity index (χ1v) is 6.80. The summed E-state index contributed by atoms with van der Waals surface area (Å²) in [5, 5.41) is 9.15. The van der Waals surface area contributed by atoms with Crippen LogP contribution in [-0.4, -0.2) is 23.0 Å². The first-order chi connectivity index (χ1) is 8.81. The van der Waals surface area contributed by atoms with E-state index >= 15 is 0 Å². The summed E-state index contributed by atoms with van der Waals surface area (Å²) in [6.45, 7) is 5.27. The number of carboxylic acid groups (broad SMARTS) is 1. The van der Waals surface area contributed by atoms with Crippen molar-refractivity contribution >= 4 is 27.7 Å². The standard InChI is InChI=1S/C14H17BrO4/c1-8(2)6-13(14(17)18)19-12-5-4-10(15)7-11(12)9(3)16/h4-5,7-8,13H,6H2,1-3H3,(H,17,18)/t13-/m0/s1. The molecule has 0 unspecified atom stereocenters. The molecule has 0 saturated heterocycles. The Balaban J connectivity index is 3.02. The third kappa shape index (κ3) is 4.67. The van der Waals surface area contributed by atoms with Crippen LogP contribution in [0, 0.1) is 5.92 Å². The van der Waals surface area contributed by atoms with E-state index in [2.05, 4.69) is 15.9 Å². The normalized spacial score (nSPS) is 12.3. The van der Waals surface area contributed by atoms with Crippen LogP contribution in [0.25, 0.3) is 0 Å². The van der Waals surface area contributed by atoms with Crippen molar-refractivity contribution in [2.75, 3.05) is 0 Å². The number of carboxylic acids is 1. The summed E-state index contributed by atoms with van der Waals surface area (Å²) in [5.74, 6) is -0.683. The third-order valence-corrected chi connectivity index (χ3v) is 3.04. The Kier molecular flexibility index (Phi) is 5.54. The van der Waals surface area contributed by atoms with Gasteiger partial charge in [0.05, 0.1) is 5.56 Å². The molecule has 0 spiro atoms. The van der Waals surface area contributed by atoms with Crippen molar-refractivity contribution in [2.45, 2.75) is 33.3 Å². The Morgan fingerprint density at radius 2 is 2.00 bits per heavy atom. The molecule has 0 heterocycles. The van der Waals surface area contributed by atoms with Gasteiger partial charge in [-0.1, -0.05) is 29.8 Å². The van der Waals surface area contributed by atoms with Gasteiger partial charge in [0.2, 0.25) is 0 Å². The molecule has 1 rings (SSSR count). The van der Waals surface area contributed by atoms with Gasteiger partial charge >= 0.3 is 5.97 Å². The molecule has 0 aliphatic heterocycles.